The van der Waals surface area contributed by atoms with Crippen LogP contribution in [-0.2, 0) is 21.4 Å². The molecule has 0 spiro atoms. The molecule has 1 heterocycles. The summed E-state index contributed by atoms with van der Waals surface area (Å²) in [5, 5.41) is 2.98. The maximum absolute atomic E-state index is 13.0. The van der Waals surface area contributed by atoms with Crippen LogP contribution in [0.4, 0.5) is 4.79 Å². The lowest BCUT2D eigenvalue weighted by molar-refractivity contribution is 0.0780. The molecule has 0 aromatic heterocycles. The molecule has 0 unspecified atom stereocenters. The van der Waals surface area contributed by atoms with Crippen molar-refractivity contribution in [3.8, 4) is 11.5 Å². The van der Waals surface area contributed by atoms with Crippen LogP contribution in [0, 0.1) is 0 Å². The summed E-state index contributed by atoms with van der Waals surface area (Å²) in [7, 11) is -2.56. The Hall–Kier alpha value is -2.78. The van der Waals surface area contributed by atoms with Gasteiger partial charge in [0.1, 0.15) is 16.4 Å². The highest BCUT2D eigenvalue weighted by molar-refractivity contribution is 7.87. The van der Waals surface area contributed by atoms with Gasteiger partial charge in [0.25, 0.3) is 0 Å². The molecule has 2 aromatic carbocycles. The van der Waals surface area contributed by atoms with Crippen molar-refractivity contribution in [1.82, 2.24) is 10.2 Å². The summed E-state index contributed by atoms with van der Waals surface area (Å²) in [6.45, 7) is 6.99. The molecule has 1 atom stereocenters. The number of hydrogen-bond acceptors (Lipinski definition) is 6. The number of nitrogens with one attached hydrogen (secondary N) is 1. The Morgan fingerprint density at radius 3 is 2.45 bits per heavy atom. The van der Waals surface area contributed by atoms with Crippen molar-refractivity contribution in [2.24, 2.45) is 0 Å². The van der Waals surface area contributed by atoms with Crippen LogP contribution in [0.2, 0.25) is 0 Å². The zero-order valence-electron chi connectivity index (χ0n) is 19.5. The molecule has 0 bridgehead atoms. The van der Waals surface area contributed by atoms with Crippen molar-refractivity contribution >= 4 is 16.1 Å². The molecule has 1 fully saturated rings. The first-order valence-corrected chi connectivity index (χ1v) is 12.3. The second kappa shape index (κ2) is 10.4. The van der Waals surface area contributed by atoms with E-state index in [0.29, 0.717) is 24.5 Å². The first-order valence-electron chi connectivity index (χ1n) is 10.9. The number of amides is 2. The Balaban J connectivity index is 1.83. The molecule has 1 aliphatic rings. The van der Waals surface area contributed by atoms with Gasteiger partial charge in [-0.05, 0) is 63.9 Å². The average Bonchev–Trinajstić information content (AvgIpc) is 3.26. The molecule has 0 saturated carbocycles. The number of ether oxygens (including phenoxy) is 2. The van der Waals surface area contributed by atoms with Gasteiger partial charge in [-0.3, -0.25) is 0 Å². The van der Waals surface area contributed by atoms with E-state index in [1.807, 2.05) is 20.8 Å². The molecule has 2 amide bonds. The normalized spacial score (nSPS) is 16.3. The van der Waals surface area contributed by atoms with Gasteiger partial charge >= 0.3 is 16.1 Å². The maximum Gasteiger partial charge on any atom is 0.339 e. The number of para-hydroxylation sites is 1. The number of urea groups is 1. The third-order valence-corrected chi connectivity index (χ3v) is 6.35. The highest BCUT2D eigenvalue weighted by Crippen LogP contribution is 2.26. The van der Waals surface area contributed by atoms with Crippen molar-refractivity contribution in [1.29, 1.82) is 0 Å². The minimum Gasteiger partial charge on any atom is -0.497 e. The fraction of sp³-hybridized carbons (Fsp3) is 0.458. The number of carbonyl (C=O) groups is 1. The van der Waals surface area contributed by atoms with Crippen molar-refractivity contribution in [2.45, 2.75) is 56.7 Å². The summed E-state index contributed by atoms with van der Waals surface area (Å²) in [6.07, 6.45) is 1.79. The SMILES string of the molecule is COc1ccc(S(=O)(=O)Oc2ccccc2CN(C[C@H]2CCCO2)C(=O)NC(C)(C)C)cc1. The summed E-state index contributed by atoms with van der Waals surface area (Å²) in [4.78, 5) is 14.7. The van der Waals surface area contributed by atoms with E-state index in [1.54, 1.807) is 41.3 Å². The topological polar surface area (TPSA) is 94.2 Å². The van der Waals surface area contributed by atoms with Crippen LogP contribution in [0.5, 0.6) is 11.5 Å². The van der Waals surface area contributed by atoms with E-state index in [2.05, 4.69) is 5.32 Å². The molecule has 180 valence electrons. The maximum atomic E-state index is 13.0. The molecule has 1 N–H and O–H groups in total. The van der Waals surface area contributed by atoms with Crippen LogP contribution in [-0.4, -0.2) is 51.3 Å². The molecule has 2 aromatic rings. The van der Waals surface area contributed by atoms with E-state index in [1.165, 1.54) is 19.2 Å². The molecular weight excluding hydrogens is 444 g/mol. The second-order valence-corrected chi connectivity index (χ2v) is 10.6. The second-order valence-electron chi connectivity index (χ2n) is 9.02. The Bertz CT molecular complexity index is 1040. The van der Waals surface area contributed by atoms with E-state index in [0.717, 1.165) is 12.8 Å². The zero-order valence-corrected chi connectivity index (χ0v) is 20.4. The lowest BCUT2D eigenvalue weighted by Gasteiger charge is -2.30. The molecule has 3 rings (SSSR count). The molecule has 33 heavy (non-hydrogen) atoms. The molecule has 1 saturated heterocycles. The van der Waals surface area contributed by atoms with Crippen molar-refractivity contribution in [2.75, 3.05) is 20.3 Å². The third-order valence-electron chi connectivity index (χ3n) is 5.10. The number of methoxy groups -OCH3 is 1. The van der Waals surface area contributed by atoms with Crippen LogP contribution in [0.15, 0.2) is 53.4 Å². The minimum atomic E-state index is -4.07. The summed E-state index contributed by atoms with van der Waals surface area (Å²) >= 11 is 0. The lowest BCUT2D eigenvalue weighted by atomic mass is 10.1. The highest BCUT2D eigenvalue weighted by Gasteiger charge is 2.27. The van der Waals surface area contributed by atoms with Crippen LogP contribution >= 0.6 is 0 Å². The van der Waals surface area contributed by atoms with Crippen LogP contribution in [0.1, 0.15) is 39.2 Å². The summed E-state index contributed by atoms with van der Waals surface area (Å²) < 4.78 is 42.0. The quantitative estimate of drug-likeness (QED) is 0.580. The Kier molecular flexibility index (Phi) is 7.86. The van der Waals surface area contributed by atoms with Gasteiger partial charge in [0.15, 0.2) is 0 Å². The molecule has 0 aliphatic carbocycles. The first kappa shape index (κ1) is 24.9. The fourth-order valence-corrected chi connectivity index (χ4v) is 4.45. The van der Waals surface area contributed by atoms with Crippen LogP contribution < -0.4 is 14.2 Å². The lowest BCUT2D eigenvalue weighted by Crippen LogP contribution is -2.50. The van der Waals surface area contributed by atoms with E-state index in [9.17, 15) is 13.2 Å². The van der Waals surface area contributed by atoms with Gasteiger partial charge in [0.2, 0.25) is 0 Å². The van der Waals surface area contributed by atoms with E-state index >= 15 is 0 Å². The minimum absolute atomic E-state index is 0.0137. The monoisotopic (exact) mass is 476 g/mol. The van der Waals surface area contributed by atoms with Crippen LogP contribution in [0.3, 0.4) is 0 Å². The summed E-state index contributed by atoms with van der Waals surface area (Å²) in [5.74, 6) is 0.721. The van der Waals surface area contributed by atoms with Gasteiger partial charge in [0.05, 0.1) is 19.8 Å². The van der Waals surface area contributed by atoms with Gasteiger partial charge < -0.3 is 23.9 Å². The predicted octanol–water partition coefficient (Wildman–Crippen LogP) is 3.95. The summed E-state index contributed by atoms with van der Waals surface area (Å²) in [5.41, 5.74) is 0.163. The van der Waals surface area contributed by atoms with Gasteiger partial charge in [-0.25, -0.2) is 4.79 Å². The number of carbonyl (C=O) groups excluding carboxylic acids is 1. The number of benzene rings is 2. The van der Waals surface area contributed by atoms with Crippen molar-refractivity contribution in [3.05, 3.63) is 54.1 Å². The predicted molar refractivity (Wildman–Crippen MR) is 125 cm³/mol. The smallest absolute Gasteiger partial charge is 0.339 e. The van der Waals surface area contributed by atoms with Gasteiger partial charge in [0, 0.05) is 24.3 Å². The highest BCUT2D eigenvalue weighted by atomic mass is 32.2. The molecule has 0 radical (unpaired) electrons. The first-order chi connectivity index (χ1) is 15.6. The van der Waals surface area contributed by atoms with Crippen molar-refractivity contribution in [3.63, 3.8) is 0 Å². The number of rotatable bonds is 8. The molecule has 8 nitrogen and oxygen atoms in total. The van der Waals surface area contributed by atoms with E-state index in [-0.39, 0.29) is 29.3 Å². The van der Waals surface area contributed by atoms with E-state index in [4.69, 9.17) is 13.7 Å². The largest absolute Gasteiger partial charge is 0.497 e. The van der Waals surface area contributed by atoms with Gasteiger partial charge in [-0.1, -0.05) is 18.2 Å². The Labute approximate surface area is 196 Å². The average molecular weight is 477 g/mol. The Morgan fingerprint density at radius 1 is 1.15 bits per heavy atom. The molecule has 1 aliphatic heterocycles. The number of hydrogen-bond donors (Lipinski definition) is 1. The molecular formula is C24H32N2O6S. The number of nitrogens with zero attached hydrogens (tertiary/aromatic N) is 1. The molecule has 9 heteroatoms. The Morgan fingerprint density at radius 2 is 1.85 bits per heavy atom. The third kappa shape index (κ3) is 7.10. The van der Waals surface area contributed by atoms with Crippen LogP contribution in [0.25, 0.3) is 0 Å². The standard InChI is InChI=1S/C24H32N2O6S/c1-24(2,3)25-23(27)26(17-20-9-7-15-31-20)16-18-8-5-6-10-22(18)32-33(28,29)21-13-11-19(30-4)12-14-21/h5-6,8,10-14,20H,7,9,15-17H2,1-4H3,(H,25,27)/t20-/m1/s1. The van der Waals surface area contributed by atoms with Gasteiger partial charge in [-0.2, -0.15) is 8.42 Å². The zero-order chi connectivity index (χ0) is 24.1. The van der Waals surface area contributed by atoms with Gasteiger partial charge in [-0.15, -0.1) is 0 Å². The summed E-state index contributed by atoms with van der Waals surface area (Å²) in [6, 6.07) is 12.6. The fourth-order valence-electron chi connectivity index (χ4n) is 3.48. The van der Waals surface area contributed by atoms with Crippen molar-refractivity contribution < 1.29 is 26.9 Å². The van der Waals surface area contributed by atoms with E-state index < -0.39 is 15.7 Å².